The van der Waals surface area contributed by atoms with Crippen molar-refractivity contribution in [1.29, 1.82) is 0 Å². The molecule has 12 nitrogen and oxygen atoms in total. The van der Waals surface area contributed by atoms with Crippen molar-refractivity contribution in [3.05, 3.63) is 54.1 Å². The smallest absolute Gasteiger partial charge is 0.303 e. The second-order valence-corrected chi connectivity index (χ2v) is 11.5. The molecule has 0 saturated carbocycles. The van der Waals surface area contributed by atoms with Crippen LogP contribution in [0.3, 0.4) is 0 Å². The highest BCUT2D eigenvalue weighted by Gasteiger charge is 2.52. The summed E-state index contributed by atoms with van der Waals surface area (Å²) in [4.78, 5) is 53.2. The highest BCUT2D eigenvalue weighted by Crippen LogP contribution is 2.39. The fourth-order valence-corrected chi connectivity index (χ4v) is 6.05. The van der Waals surface area contributed by atoms with Crippen LogP contribution in [-0.4, -0.2) is 76.0 Å². The van der Waals surface area contributed by atoms with Crippen molar-refractivity contribution < 1.29 is 47.6 Å². The third-order valence-electron chi connectivity index (χ3n) is 6.45. The number of esters is 4. The summed E-state index contributed by atoms with van der Waals surface area (Å²) in [5, 5.41) is 0.506. The fraction of sp³-hybridized carbons (Fsp3) is 0.452. The molecule has 13 heteroatoms. The van der Waals surface area contributed by atoms with E-state index in [1.54, 1.807) is 0 Å². The number of fused-ring (bicyclic) bond motifs is 1. The summed E-state index contributed by atoms with van der Waals surface area (Å²) in [5.74, 6) is -1.93. The first-order valence-corrected chi connectivity index (χ1v) is 15.0. The third kappa shape index (κ3) is 8.29. The number of aromatic nitrogens is 2. The van der Waals surface area contributed by atoms with E-state index in [4.69, 9.17) is 33.4 Å². The molecule has 2 aromatic carbocycles. The lowest BCUT2D eigenvalue weighted by atomic mass is 9.99. The summed E-state index contributed by atoms with van der Waals surface area (Å²) in [6.45, 7) is 8.78. The number of para-hydroxylation sites is 3. The molecule has 1 saturated heterocycles. The van der Waals surface area contributed by atoms with Crippen molar-refractivity contribution >= 4 is 46.7 Å². The van der Waals surface area contributed by atoms with Gasteiger partial charge < -0.3 is 33.0 Å². The molecule has 0 amide bonds. The van der Waals surface area contributed by atoms with E-state index in [-0.39, 0.29) is 12.7 Å². The zero-order valence-corrected chi connectivity index (χ0v) is 26.2. The Morgan fingerprint density at radius 3 is 2.11 bits per heavy atom. The van der Waals surface area contributed by atoms with Gasteiger partial charge in [-0.3, -0.25) is 19.2 Å². The maximum Gasteiger partial charge on any atom is 0.303 e. The maximum atomic E-state index is 12.3. The first kappa shape index (κ1) is 32.8. The number of carbonyl (C=O) groups excluding carboxylic acids is 4. The Labute approximate surface area is 259 Å². The molecule has 4 rings (SSSR count). The van der Waals surface area contributed by atoms with Crippen LogP contribution >= 0.6 is 11.8 Å². The summed E-state index contributed by atoms with van der Waals surface area (Å²) in [7, 11) is 0. The van der Waals surface area contributed by atoms with Crippen molar-refractivity contribution in [2.24, 2.45) is 0 Å². The number of nitrogens with zero attached hydrogens (tertiary/aromatic N) is 2. The largest absolute Gasteiger partial charge is 0.491 e. The highest BCUT2D eigenvalue weighted by atomic mass is 32.2. The number of carbonyl (C=O) groups is 4. The number of hydrogen-bond donors (Lipinski definition) is 0. The zero-order valence-electron chi connectivity index (χ0n) is 25.4. The predicted molar refractivity (Wildman–Crippen MR) is 159 cm³/mol. The molecule has 5 atom stereocenters. The van der Waals surface area contributed by atoms with Gasteiger partial charge in [0, 0.05) is 33.3 Å². The predicted octanol–water partition coefficient (Wildman–Crippen LogP) is 4.05. The molecule has 236 valence electrons. The van der Waals surface area contributed by atoms with E-state index in [2.05, 4.69) is 0 Å². The summed E-state index contributed by atoms with van der Waals surface area (Å²) < 4.78 is 36.3. The summed E-state index contributed by atoms with van der Waals surface area (Å²) in [6.07, 6.45) is -4.83. The molecule has 0 spiro atoms. The van der Waals surface area contributed by atoms with E-state index in [0.717, 1.165) is 28.6 Å². The number of hydrogen-bond acceptors (Lipinski definition) is 12. The lowest BCUT2D eigenvalue weighted by molar-refractivity contribution is -0.237. The van der Waals surface area contributed by atoms with Gasteiger partial charge in [-0.05, 0) is 32.0 Å². The number of imidazole rings is 1. The van der Waals surface area contributed by atoms with Crippen LogP contribution in [0.2, 0.25) is 0 Å². The van der Waals surface area contributed by atoms with E-state index in [9.17, 15) is 19.2 Å². The average molecular weight is 629 g/mol. The lowest BCUT2D eigenvalue weighted by Crippen LogP contribution is -2.61. The Morgan fingerprint density at radius 1 is 0.841 bits per heavy atom. The minimum absolute atomic E-state index is 0.0396. The van der Waals surface area contributed by atoms with E-state index in [1.165, 1.54) is 27.7 Å². The molecular formula is C31H36N2O10S. The second kappa shape index (κ2) is 14.6. The summed E-state index contributed by atoms with van der Waals surface area (Å²) in [6, 6.07) is 15.3. The van der Waals surface area contributed by atoms with Gasteiger partial charge in [-0.1, -0.05) is 42.1 Å². The van der Waals surface area contributed by atoms with Gasteiger partial charge in [0.05, 0.1) is 23.7 Å². The average Bonchev–Trinajstić information content (AvgIpc) is 3.27. The minimum Gasteiger partial charge on any atom is -0.491 e. The van der Waals surface area contributed by atoms with Crippen molar-refractivity contribution in [1.82, 2.24) is 9.55 Å². The van der Waals surface area contributed by atoms with E-state index in [1.807, 2.05) is 66.9 Å². The number of thioether (sulfide) groups is 1. The number of benzene rings is 2. The van der Waals surface area contributed by atoms with Gasteiger partial charge in [0.25, 0.3) is 0 Å². The van der Waals surface area contributed by atoms with Crippen LogP contribution in [-0.2, 0) is 49.4 Å². The topological polar surface area (TPSA) is 141 Å². The van der Waals surface area contributed by atoms with Gasteiger partial charge >= 0.3 is 23.9 Å². The van der Waals surface area contributed by atoms with Crippen LogP contribution < -0.4 is 4.74 Å². The molecule has 2 heterocycles. The lowest BCUT2D eigenvalue weighted by Gasteiger charge is -2.44. The Hall–Kier alpha value is -4.10. The fourth-order valence-electron chi connectivity index (χ4n) is 4.86. The number of rotatable bonds is 11. The van der Waals surface area contributed by atoms with Gasteiger partial charge in [-0.25, -0.2) is 4.98 Å². The molecular weight excluding hydrogens is 592 g/mol. The standard InChI is InChI=1S/C31H36N2O10S/c1-17(2)39-25-14-10-7-11-22(25)15-33-24-13-9-8-12-23(24)32-31(33)44-30-29(42-21(6)37)28(41-20(5)36)27(40-19(4)35)26(43-30)16-38-18(3)34/h7-14,17,26-30H,15-16H2,1-6H3. The van der Waals surface area contributed by atoms with Crippen LogP contribution in [0.4, 0.5) is 0 Å². The van der Waals surface area contributed by atoms with Crippen LogP contribution in [0.25, 0.3) is 11.0 Å². The molecule has 0 radical (unpaired) electrons. The summed E-state index contributed by atoms with van der Waals surface area (Å²) >= 11 is 1.14. The Bertz CT molecular complexity index is 1510. The first-order chi connectivity index (χ1) is 20.9. The normalized spacial score (nSPS) is 21.5. The highest BCUT2D eigenvalue weighted by molar-refractivity contribution is 7.99. The van der Waals surface area contributed by atoms with E-state index < -0.39 is 53.7 Å². The van der Waals surface area contributed by atoms with Gasteiger partial charge in [0.2, 0.25) is 0 Å². The van der Waals surface area contributed by atoms with Gasteiger partial charge in [-0.15, -0.1) is 0 Å². The zero-order chi connectivity index (χ0) is 32.0. The van der Waals surface area contributed by atoms with Crippen LogP contribution in [0.5, 0.6) is 5.75 Å². The van der Waals surface area contributed by atoms with Gasteiger partial charge in [-0.2, -0.15) is 0 Å². The number of ether oxygens (including phenoxy) is 6. The van der Waals surface area contributed by atoms with Crippen molar-refractivity contribution in [2.45, 2.75) is 89.2 Å². The molecule has 1 fully saturated rings. The molecule has 3 aromatic rings. The summed E-state index contributed by atoms with van der Waals surface area (Å²) in [5.41, 5.74) is 1.43. The first-order valence-electron chi connectivity index (χ1n) is 14.1. The molecule has 0 N–H and O–H groups in total. The van der Waals surface area contributed by atoms with Crippen molar-refractivity contribution in [3.63, 3.8) is 0 Å². The van der Waals surface area contributed by atoms with E-state index >= 15 is 0 Å². The van der Waals surface area contributed by atoms with Crippen LogP contribution in [0.1, 0.15) is 47.1 Å². The molecule has 1 aliphatic heterocycles. The Balaban J connectivity index is 1.78. The second-order valence-electron chi connectivity index (χ2n) is 10.4. The Morgan fingerprint density at radius 2 is 1.45 bits per heavy atom. The van der Waals surface area contributed by atoms with E-state index in [0.29, 0.717) is 17.2 Å². The van der Waals surface area contributed by atoms with Crippen molar-refractivity contribution in [2.75, 3.05) is 6.61 Å². The molecule has 1 aromatic heterocycles. The molecule has 0 aliphatic carbocycles. The third-order valence-corrected chi connectivity index (χ3v) is 7.59. The molecule has 1 aliphatic rings. The minimum atomic E-state index is -1.27. The maximum absolute atomic E-state index is 12.3. The SMILES string of the molecule is CC(=O)OCC1OC(Sc2nc3ccccc3n2Cc2ccccc2OC(C)C)C(OC(C)=O)C(OC(C)=O)C1OC(C)=O. The van der Waals surface area contributed by atoms with Gasteiger partial charge in [0.15, 0.2) is 28.9 Å². The van der Waals surface area contributed by atoms with Gasteiger partial charge in [0.1, 0.15) is 18.5 Å². The van der Waals surface area contributed by atoms with Crippen molar-refractivity contribution in [3.8, 4) is 5.75 Å². The molecule has 0 bridgehead atoms. The van der Waals surface area contributed by atoms with Crippen LogP contribution in [0.15, 0.2) is 53.7 Å². The monoisotopic (exact) mass is 628 g/mol. The molecule has 44 heavy (non-hydrogen) atoms. The molecule has 5 unspecified atom stereocenters. The van der Waals surface area contributed by atoms with Crippen LogP contribution in [0, 0.1) is 0 Å². The Kier molecular flexibility index (Phi) is 10.9. The quantitative estimate of drug-likeness (QED) is 0.223.